The summed E-state index contributed by atoms with van der Waals surface area (Å²) in [5.41, 5.74) is 0.615. The van der Waals surface area contributed by atoms with E-state index in [0.717, 1.165) is 18.8 Å². The van der Waals surface area contributed by atoms with Crippen LogP contribution in [0.3, 0.4) is 0 Å². The lowest BCUT2D eigenvalue weighted by Crippen LogP contribution is -2.34. The van der Waals surface area contributed by atoms with E-state index in [-0.39, 0.29) is 5.91 Å². The number of hydrogen-bond donors (Lipinski definition) is 2. The summed E-state index contributed by atoms with van der Waals surface area (Å²) in [4.78, 5) is 11.7. The number of aromatic nitrogens is 2. The summed E-state index contributed by atoms with van der Waals surface area (Å²) in [5, 5.41) is 9.45. The van der Waals surface area contributed by atoms with Gasteiger partial charge >= 0.3 is 0 Å². The van der Waals surface area contributed by atoms with Gasteiger partial charge in [0.15, 0.2) is 0 Å². The van der Waals surface area contributed by atoms with Gasteiger partial charge in [-0.1, -0.05) is 19.8 Å². The molecule has 0 saturated heterocycles. The van der Waals surface area contributed by atoms with Crippen molar-refractivity contribution in [3.63, 3.8) is 0 Å². The Labute approximate surface area is 89.5 Å². The van der Waals surface area contributed by atoms with E-state index < -0.39 is 0 Å². The van der Waals surface area contributed by atoms with Gasteiger partial charge in [-0.05, 0) is 18.8 Å². The van der Waals surface area contributed by atoms with Gasteiger partial charge in [0.25, 0.3) is 5.91 Å². The molecule has 1 aliphatic rings. The third kappa shape index (κ3) is 2.81. The summed E-state index contributed by atoms with van der Waals surface area (Å²) < 4.78 is 0. The molecule has 1 aliphatic carbocycles. The molecular formula is C11H17N3O. The smallest absolute Gasteiger partial charge is 0.254 e. The van der Waals surface area contributed by atoms with E-state index in [1.54, 1.807) is 12.4 Å². The van der Waals surface area contributed by atoms with Crippen molar-refractivity contribution in [1.29, 1.82) is 0 Å². The maximum atomic E-state index is 11.7. The highest BCUT2D eigenvalue weighted by Gasteiger charge is 2.25. The Morgan fingerprint density at radius 3 is 3.07 bits per heavy atom. The Bertz CT molecular complexity index is 317. The van der Waals surface area contributed by atoms with E-state index in [1.165, 1.54) is 12.8 Å². The molecule has 2 rings (SSSR count). The Morgan fingerprint density at radius 1 is 1.73 bits per heavy atom. The molecule has 82 valence electrons. The van der Waals surface area contributed by atoms with Crippen molar-refractivity contribution in [1.82, 2.24) is 15.5 Å². The van der Waals surface area contributed by atoms with Gasteiger partial charge in [0, 0.05) is 12.2 Å². The summed E-state index contributed by atoms with van der Waals surface area (Å²) in [6.07, 6.45) is 7.97. The molecule has 4 nitrogen and oxygen atoms in total. The monoisotopic (exact) mass is 207 g/mol. The van der Waals surface area contributed by atoms with Crippen molar-refractivity contribution in [3.05, 3.63) is 18.0 Å². The minimum Gasteiger partial charge on any atom is -0.349 e. The van der Waals surface area contributed by atoms with Crippen molar-refractivity contribution < 1.29 is 4.79 Å². The van der Waals surface area contributed by atoms with Crippen LogP contribution in [0, 0.1) is 5.92 Å². The molecule has 1 atom stereocenters. The molecule has 1 fully saturated rings. The SMILES string of the molecule is CCC(CC1CC1)NC(=O)c1cn[nH]c1. The minimum absolute atomic E-state index is 0.0174. The first-order chi connectivity index (χ1) is 7.29. The molecule has 1 saturated carbocycles. The standard InChI is InChI=1S/C11H17N3O/c1-2-10(5-8-3-4-8)14-11(15)9-6-12-13-7-9/h6-8,10H,2-5H2,1H3,(H,12,13)(H,14,15). The second kappa shape index (κ2) is 4.47. The molecule has 1 heterocycles. The van der Waals surface area contributed by atoms with E-state index in [2.05, 4.69) is 22.4 Å². The average Bonchev–Trinajstić information content (AvgIpc) is 2.88. The lowest BCUT2D eigenvalue weighted by atomic mass is 10.1. The molecule has 0 bridgehead atoms. The van der Waals surface area contributed by atoms with Crippen LogP contribution in [-0.4, -0.2) is 22.1 Å². The van der Waals surface area contributed by atoms with Gasteiger partial charge in [-0.2, -0.15) is 5.10 Å². The Balaban J connectivity index is 1.85. The number of nitrogens with zero attached hydrogens (tertiary/aromatic N) is 1. The minimum atomic E-state index is -0.0174. The van der Waals surface area contributed by atoms with Crippen LogP contribution in [0.4, 0.5) is 0 Å². The number of carbonyl (C=O) groups excluding carboxylic acids is 1. The second-order valence-corrected chi connectivity index (χ2v) is 4.24. The molecule has 1 unspecified atom stereocenters. The van der Waals surface area contributed by atoms with Crippen molar-refractivity contribution in [2.45, 2.75) is 38.6 Å². The van der Waals surface area contributed by atoms with Gasteiger partial charge in [0.1, 0.15) is 0 Å². The third-order valence-electron chi connectivity index (χ3n) is 2.90. The zero-order chi connectivity index (χ0) is 10.7. The second-order valence-electron chi connectivity index (χ2n) is 4.24. The number of rotatable bonds is 5. The maximum absolute atomic E-state index is 11.7. The van der Waals surface area contributed by atoms with E-state index in [1.807, 2.05) is 0 Å². The van der Waals surface area contributed by atoms with Crippen molar-refractivity contribution in [3.8, 4) is 0 Å². The highest BCUT2D eigenvalue weighted by atomic mass is 16.1. The molecular weight excluding hydrogens is 190 g/mol. The largest absolute Gasteiger partial charge is 0.349 e. The van der Waals surface area contributed by atoms with Crippen LogP contribution in [0.1, 0.15) is 43.0 Å². The lowest BCUT2D eigenvalue weighted by molar-refractivity contribution is 0.0933. The molecule has 0 aliphatic heterocycles. The quantitative estimate of drug-likeness (QED) is 0.772. The highest BCUT2D eigenvalue weighted by molar-refractivity contribution is 5.93. The first-order valence-corrected chi connectivity index (χ1v) is 5.59. The zero-order valence-electron chi connectivity index (χ0n) is 8.99. The first-order valence-electron chi connectivity index (χ1n) is 5.59. The summed E-state index contributed by atoms with van der Waals surface area (Å²) in [6, 6.07) is 0.319. The average molecular weight is 207 g/mol. The zero-order valence-corrected chi connectivity index (χ0v) is 8.99. The van der Waals surface area contributed by atoms with Crippen LogP contribution in [-0.2, 0) is 0 Å². The van der Waals surface area contributed by atoms with Gasteiger partial charge in [-0.3, -0.25) is 9.89 Å². The van der Waals surface area contributed by atoms with Crippen LogP contribution in [0.2, 0.25) is 0 Å². The molecule has 0 spiro atoms. The number of amides is 1. The fourth-order valence-electron chi connectivity index (χ4n) is 1.73. The van der Waals surface area contributed by atoms with Crippen LogP contribution < -0.4 is 5.32 Å². The Hall–Kier alpha value is -1.32. The molecule has 1 aromatic heterocycles. The van der Waals surface area contributed by atoms with Gasteiger partial charge in [-0.25, -0.2) is 0 Å². The van der Waals surface area contributed by atoms with Crippen LogP contribution in [0.25, 0.3) is 0 Å². The van der Waals surface area contributed by atoms with Gasteiger partial charge < -0.3 is 5.32 Å². The Kier molecular flexibility index (Phi) is 3.04. The fourth-order valence-corrected chi connectivity index (χ4v) is 1.73. The summed E-state index contributed by atoms with van der Waals surface area (Å²) in [5.74, 6) is 0.829. The Morgan fingerprint density at radius 2 is 2.53 bits per heavy atom. The van der Waals surface area contributed by atoms with Gasteiger partial charge in [0.05, 0.1) is 11.8 Å². The molecule has 0 aromatic carbocycles. The number of hydrogen-bond acceptors (Lipinski definition) is 2. The van der Waals surface area contributed by atoms with E-state index in [0.29, 0.717) is 11.6 Å². The van der Waals surface area contributed by atoms with Crippen molar-refractivity contribution >= 4 is 5.91 Å². The van der Waals surface area contributed by atoms with Gasteiger partial charge in [0.2, 0.25) is 0 Å². The van der Waals surface area contributed by atoms with Crippen LogP contribution in [0.5, 0.6) is 0 Å². The molecule has 2 N–H and O–H groups in total. The van der Waals surface area contributed by atoms with E-state index in [4.69, 9.17) is 0 Å². The third-order valence-corrected chi connectivity index (χ3v) is 2.90. The molecule has 15 heavy (non-hydrogen) atoms. The van der Waals surface area contributed by atoms with Crippen molar-refractivity contribution in [2.24, 2.45) is 5.92 Å². The normalized spacial score (nSPS) is 17.4. The topological polar surface area (TPSA) is 57.8 Å². The number of aromatic amines is 1. The lowest BCUT2D eigenvalue weighted by Gasteiger charge is -2.15. The number of H-pyrrole nitrogens is 1. The van der Waals surface area contributed by atoms with Gasteiger partial charge in [-0.15, -0.1) is 0 Å². The summed E-state index contributed by atoms with van der Waals surface area (Å²) in [6.45, 7) is 2.11. The van der Waals surface area contributed by atoms with Crippen LogP contribution in [0.15, 0.2) is 12.4 Å². The number of nitrogens with one attached hydrogen (secondary N) is 2. The molecule has 1 amide bonds. The van der Waals surface area contributed by atoms with Crippen molar-refractivity contribution in [2.75, 3.05) is 0 Å². The molecule has 0 radical (unpaired) electrons. The molecule has 1 aromatic rings. The van der Waals surface area contributed by atoms with E-state index in [9.17, 15) is 4.79 Å². The fraction of sp³-hybridized carbons (Fsp3) is 0.636. The predicted molar refractivity (Wildman–Crippen MR) is 57.5 cm³/mol. The van der Waals surface area contributed by atoms with Crippen LogP contribution >= 0.6 is 0 Å². The first kappa shape index (κ1) is 10.2. The summed E-state index contributed by atoms with van der Waals surface area (Å²) >= 11 is 0. The van der Waals surface area contributed by atoms with E-state index >= 15 is 0 Å². The number of carbonyl (C=O) groups is 1. The maximum Gasteiger partial charge on any atom is 0.254 e. The highest BCUT2D eigenvalue weighted by Crippen LogP contribution is 2.34. The molecule has 4 heteroatoms. The summed E-state index contributed by atoms with van der Waals surface area (Å²) in [7, 11) is 0. The predicted octanol–water partition coefficient (Wildman–Crippen LogP) is 1.72.